The van der Waals surface area contributed by atoms with Gasteiger partial charge in [0.2, 0.25) is 0 Å². The van der Waals surface area contributed by atoms with E-state index in [1.807, 2.05) is 0 Å². The minimum Gasteiger partial charge on any atom is -0.496 e. The Morgan fingerprint density at radius 2 is 1.92 bits per heavy atom. The Bertz CT molecular complexity index is 810. The molecule has 2 rings (SSSR count). The third-order valence-electron chi connectivity index (χ3n) is 3.22. The number of methoxy groups -OCH3 is 1. The van der Waals surface area contributed by atoms with E-state index >= 15 is 0 Å². The van der Waals surface area contributed by atoms with E-state index < -0.39 is 11.9 Å². The first-order chi connectivity index (χ1) is 12.4. The quantitative estimate of drug-likeness (QED) is 0.708. The predicted molar refractivity (Wildman–Crippen MR) is 99.5 cm³/mol. The number of hydrogen-bond acceptors (Lipinski definition) is 5. The molecule has 0 unspecified atom stereocenters. The van der Waals surface area contributed by atoms with E-state index in [0.29, 0.717) is 10.8 Å². The Morgan fingerprint density at radius 3 is 2.58 bits per heavy atom. The van der Waals surface area contributed by atoms with Crippen LogP contribution in [0.15, 0.2) is 36.4 Å². The van der Waals surface area contributed by atoms with E-state index in [1.165, 1.54) is 19.2 Å². The largest absolute Gasteiger partial charge is 0.496 e. The zero-order chi connectivity index (χ0) is 19.1. The fourth-order valence-electron chi connectivity index (χ4n) is 2.08. The van der Waals surface area contributed by atoms with Crippen molar-refractivity contribution in [1.29, 1.82) is 0 Å². The molecule has 8 heteroatoms. The molecule has 2 aromatic carbocycles. The Labute approximate surface area is 160 Å². The van der Waals surface area contributed by atoms with Crippen LogP contribution in [0.2, 0.25) is 10.0 Å². The van der Waals surface area contributed by atoms with E-state index in [1.54, 1.807) is 31.2 Å². The molecule has 0 aliphatic heterocycles. The number of nitrogens with one attached hydrogen (secondary N) is 1. The van der Waals surface area contributed by atoms with Gasteiger partial charge in [0.1, 0.15) is 17.1 Å². The summed E-state index contributed by atoms with van der Waals surface area (Å²) in [6, 6.07) is 9.52. The van der Waals surface area contributed by atoms with Crippen LogP contribution in [0.5, 0.6) is 11.5 Å². The fourth-order valence-corrected chi connectivity index (χ4v) is 2.47. The van der Waals surface area contributed by atoms with Gasteiger partial charge < -0.3 is 19.5 Å². The van der Waals surface area contributed by atoms with Crippen LogP contribution in [0.25, 0.3) is 0 Å². The van der Waals surface area contributed by atoms with Crippen molar-refractivity contribution in [1.82, 2.24) is 0 Å². The number of benzene rings is 2. The third kappa shape index (κ3) is 5.28. The summed E-state index contributed by atoms with van der Waals surface area (Å²) in [6.07, 6.45) is 0. The zero-order valence-corrected chi connectivity index (χ0v) is 15.7. The van der Waals surface area contributed by atoms with Gasteiger partial charge in [0.05, 0.1) is 24.4 Å². The van der Waals surface area contributed by atoms with Crippen molar-refractivity contribution in [3.63, 3.8) is 0 Å². The number of amides is 1. The number of anilines is 1. The lowest BCUT2D eigenvalue weighted by atomic mass is 10.1. The molecule has 138 valence electrons. The minimum atomic E-state index is -0.562. The Hall–Kier alpha value is -2.44. The number of ether oxygens (including phenoxy) is 3. The van der Waals surface area contributed by atoms with Gasteiger partial charge in [-0.15, -0.1) is 0 Å². The summed E-state index contributed by atoms with van der Waals surface area (Å²) in [5.41, 5.74) is 0.462. The van der Waals surface area contributed by atoms with Crippen molar-refractivity contribution in [3.8, 4) is 11.5 Å². The second-order valence-corrected chi connectivity index (χ2v) is 5.89. The molecular formula is C18H17Cl2NO5. The molecule has 2 aromatic rings. The van der Waals surface area contributed by atoms with Crippen LogP contribution in [0.3, 0.4) is 0 Å². The van der Waals surface area contributed by atoms with Crippen LogP contribution >= 0.6 is 23.2 Å². The van der Waals surface area contributed by atoms with Gasteiger partial charge in [-0.05, 0) is 31.2 Å². The Kier molecular flexibility index (Phi) is 7.12. The van der Waals surface area contributed by atoms with Crippen LogP contribution in [0, 0.1) is 0 Å². The molecule has 0 spiro atoms. The van der Waals surface area contributed by atoms with Crippen molar-refractivity contribution in [2.24, 2.45) is 0 Å². The molecule has 1 amide bonds. The summed E-state index contributed by atoms with van der Waals surface area (Å²) in [7, 11) is 1.40. The number of rotatable bonds is 7. The van der Waals surface area contributed by atoms with E-state index in [2.05, 4.69) is 5.32 Å². The van der Waals surface area contributed by atoms with Gasteiger partial charge in [0, 0.05) is 11.1 Å². The Morgan fingerprint density at radius 1 is 1.15 bits per heavy atom. The highest BCUT2D eigenvalue weighted by atomic mass is 35.5. The monoisotopic (exact) mass is 397 g/mol. The van der Waals surface area contributed by atoms with Gasteiger partial charge >= 0.3 is 5.97 Å². The summed E-state index contributed by atoms with van der Waals surface area (Å²) >= 11 is 12.0. The molecule has 0 radical (unpaired) electrons. The van der Waals surface area contributed by atoms with Crippen LogP contribution in [-0.4, -0.2) is 32.2 Å². The average molecular weight is 398 g/mol. The van der Waals surface area contributed by atoms with E-state index in [9.17, 15) is 9.59 Å². The molecule has 6 nitrogen and oxygen atoms in total. The molecule has 0 aliphatic rings. The number of carbonyl (C=O) groups is 2. The summed E-state index contributed by atoms with van der Waals surface area (Å²) < 4.78 is 15.5. The summed E-state index contributed by atoms with van der Waals surface area (Å²) in [5, 5.41) is 3.28. The smallest absolute Gasteiger partial charge is 0.341 e. The minimum absolute atomic E-state index is 0.171. The molecule has 0 fully saturated rings. The van der Waals surface area contributed by atoms with Crippen molar-refractivity contribution in [2.45, 2.75) is 6.92 Å². The molecule has 0 saturated carbocycles. The molecule has 0 atom stereocenters. The maximum atomic E-state index is 12.1. The van der Waals surface area contributed by atoms with Gasteiger partial charge in [0.15, 0.2) is 6.61 Å². The summed E-state index contributed by atoms with van der Waals surface area (Å²) in [5.74, 6) is -0.292. The Balaban J connectivity index is 2.08. The normalized spacial score (nSPS) is 10.2. The lowest BCUT2D eigenvalue weighted by molar-refractivity contribution is -0.118. The predicted octanol–water partition coefficient (Wildman–Crippen LogP) is 4.20. The first-order valence-electron chi connectivity index (χ1n) is 7.67. The standard InChI is InChI=1S/C18H17Cl2NO5/c1-3-25-18(23)13-8-14(20)15(9-16(13)24-2)21-17(22)10-26-12-6-4-5-11(19)7-12/h4-9H,3,10H2,1-2H3,(H,21,22). The number of halogens is 2. The topological polar surface area (TPSA) is 73.9 Å². The van der Waals surface area contributed by atoms with Gasteiger partial charge in [-0.3, -0.25) is 4.79 Å². The number of hydrogen-bond donors (Lipinski definition) is 1. The molecule has 0 bridgehead atoms. The van der Waals surface area contributed by atoms with Gasteiger partial charge in [-0.2, -0.15) is 0 Å². The molecule has 0 aromatic heterocycles. The maximum Gasteiger partial charge on any atom is 0.341 e. The molecule has 0 aliphatic carbocycles. The molecular weight excluding hydrogens is 381 g/mol. The highest BCUT2D eigenvalue weighted by Crippen LogP contribution is 2.31. The molecule has 0 saturated heterocycles. The zero-order valence-electron chi connectivity index (χ0n) is 14.2. The maximum absolute atomic E-state index is 12.1. The third-order valence-corrected chi connectivity index (χ3v) is 3.77. The lowest BCUT2D eigenvalue weighted by Gasteiger charge is -2.13. The molecule has 0 heterocycles. The van der Waals surface area contributed by atoms with Crippen LogP contribution in [0.1, 0.15) is 17.3 Å². The summed E-state index contributed by atoms with van der Waals surface area (Å²) in [6.45, 7) is 1.68. The molecule has 26 heavy (non-hydrogen) atoms. The fraction of sp³-hybridized carbons (Fsp3) is 0.222. The van der Waals surface area contributed by atoms with Crippen LogP contribution in [0.4, 0.5) is 5.69 Å². The average Bonchev–Trinajstić information content (AvgIpc) is 2.61. The van der Waals surface area contributed by atoms with E-state index in [4.69, 9.17) is 37.4 Å². The molecule has 1 N–H and O–H groups in total. The second kappa shape index (κ2) is 9.31. The summed E-state index contributed by atoms with van der Waals surface area (Å²) in [4.78, 5) is 24.0. The highest BCUT2D eigenvalue weighted by Gasteiger charge is 2.18. The highest BCUT2D eigenvalue weighted by molar-refractivity contribution is 6.34. The van der Waals surface area contributed by atoms with Crippen molar-refractivity contribution in [3.05, 3.63) is 52.0 Å². The number of carbonyl (C=O) groups excluding carboxylic acids is 2. The van der Waals surface area contributed by atoms with Crippen LogP contribution in [-0.2, 0) is 9.53 Å². The van der Waals surface area contributed by atoms with Crippen molar-refractivity contribution < 1.29 is 23.8 Å². The lowest BCUT2D eigenvalue weighted by Crippen LogP contribution is -2.20. The van der Waals surface area contributed by atoms with Crippen molar-refractivity contribution in [2.75, 3.05) is 25.6 Å². The van der Waals surface area contributed by atoms with Gasteiger partial charge in [-0.25, -0.2) is 4.79 Å². The SMILES string of the molecule is CCOC(=O)c1cc(Cl)c(NC(=O)COc2cccc(Cl)c2)cc1OC. The number of esters is 1. The second-order valence-electron chi connectivity index (χ2n) is 5.05. The van der Waals surface area contributed by atoms with E-state index in [-0.39, 0.29) is 35.2 Å². The van der Waals surface area contributed by atoms with Gasteiger partial charge in [0.25, 0.3) is 5.91 Å². The van der Waals surface area contributed by atoms with Crippen LogP contribution < -0.4 is 14.8 Å². The first kappa shape index (κ1) is 19.9. The van der Waals surface area contributed by atoms with Crippen molar-refractivity contribution >= 4 is 40.8 Å². The van der Waals surface area contributed by atoms with Gasteiger partial charge in [-0.1, -0.05) is 29.3 Å². The first-order valence-corrected chi connectivity index (χ1v) is 8.43. The van der Waals surface area contributed by atoms with E-state index in [0.717, 1.165) is 0 Å².